The third-order valence-corrected chi connectivity index (χ3v) is 6.00. The van der Waals surface area contributed by atoms with Crippen LogP contribution in [0.3, 0.4) is 0 Å². The van der Waals surface area contributed by atoms with Gasteiger partial charge in [-0.15, -0.1) is 0 Å². The summed E-state index contributed by atoms with van der Waals surface area (Å²) in [6, 6.07) is 8.56. The summed E-state index contributed by atoms with van der Waals surface area (Å²) in [7, 11) is 0. The second-order valence-corrected chi connectivity index (χ2v) is 7.37. The third-order valence-electron chi connectivity index (χ3n) is 6.00. The fourth-order valence-corrected chi connectivity index (χ4v) is 5.05. The van der Waals surface area contributed by atoms with E-state index in [0.29, 0.717) is 29.7 Å². The minimum atomic E-state index is -0.752. The van der Waals surface area contributed by atoms with Crippen LogP contribution in [0.2, 0.25) is 0 Å². The molecule has 5 heteroatoms. The van der Waals surface area contributed by atoms with Gasteiger partial charge in [0.2, 0.25) is 0 Å². The molecule has 5 rings (SSSR count). The van der Waals surface area contributed by atoms with Gasteiger partial charge in [0.1, 0.15) is 11.5 Å². The molecule has 5 nitrogen and oxygen atoms in total. The first-order valence-corrected chi connectivity index (χ1v) is 9.28. The number of ketones is 1. The van der Waals surface area contributed by atoms with E-state index >= 15 is 0 Å². The van der Waals surface area contributed by atoms with Crippen LogP contribution in [0.15, 0.2) is 30.3 Å². The molecule has 3 aliphatic carbocycles. The number of allylic oxidation sites excluding steroid dienone is 1. The summed E-state index contributed by atoms with van der Waals surface area (Å²) in [5, 5.41) is 31.8. The first-order valence-electron chi connectivity index (χ1n) is 9.28. The van der Waals surface area contributed by atoms with Crippen molar-refractivity contribution in [2.24, 2.45) is 0 Å². The van der Waals surface area contributed by atoms with Crippen molar-refractivity contribution in [3.8, 4) is 11.5 Å². The Hall–Kier alpha value is -2.63. The van der Waals surface area contributed by atoms with Crippen molar-refractivity contribution < 1.29 is 24.9 Å². The van der Waals surface area contributed by atoms with Gasteiger partial charge >= 0.3 is 0 Å². The van der Waals surface area contributed by atoms with Crippen molar-refractivity contribution in [2.75, 3.05) is 6.61 Å². The van der Waals surface area contributed by atoms with Gasteiger partial charge in [-0.2, -0.15) is 0 Å². The van der Waals surface area contributed by atoms with Crippen LogP contribution in [-0.4, -0.2) is 33.8 Å². The Bertz CT molecular complexity index is 1020. The summed E-state index contributed by atoms with van der Waals surface area (Å²) in [4.78, 5) is 12.8. The molecule has 3 atom stereocenters. The van der Waals surface area contributed by atoms with Gasteiger partial charge in [-0.05, 0) is 46.9 Å². The average molecular weight is 364 g/mol. The van der Waals surface area contributed by atoms with Crippen molar-refractivity contribution in [3.05, 3.63) is 58.1 Å². The van der Waals surface area contributed by atoms with Gasteiger partial charge in [0.05, 0.1) is 17.8 Å². The summed E-state index contributed by atoms with van der Waals surface area (Å²) >= 11 is 0. The first kappa shape index (κ1) is 16.5. The standard InChI is InChI=1S/C22H20O5/c1-2-27-17-9-16(26)22-18-11-4-3-5-13(23)19(11)15(25)8-12(18)10-6-7-14(24)21(17)20(10)22/h3-7,12,16-17,23-24,26H,2,8-9H2,1H3/t12-,16+,17+/m1/s1. The summed E-state index contributed by atoms with van der Waals surface area (Å²) in [5.41, 5.74) is 5.12. The monoisotopic (exact) mass is 364 g/mol. The lowest BCUT2D eigenvalue weighted by Crippen LogP contribution is -2.24. The van der Waals surface area contributed by atoms with E-state index in [2.05, 4.69) is 0 Å². The highest BCUT2D eigenvalue weighted by Crippen LogP contribution is 2.59. The van der Waals surface area contributed by atoms with Crippen molar-refractivity contribution >= 4 is 16.9 Å². The number of rotatable bonds is 2. The minimum Gasteiger partial charge on any atom is -0.508 e. The van der Waals surface area contributed by atoms with Crippen LogP contribution < -0.4 is 0 Å². The molecule has 0 aliphatic heterocycles. The Kier molecular flexibility index (Phi) is 3.48. The van der Waals surface area contributed by atoms with Crippen LogP contribution in [0, 0.1) is 0 Å². The molecule has 138 valence electrons. The summed E-state index contributed by atoms with van der Waals surface area (Å²) in [5.74, 6) is -0.154. The molecule has 0 bridgehead atoms. The van der Waals surface area contributed by atoms with E-state index < -0.39 is 6.10 Å². The second kappa shape index (κ2) is 5.68. The Morgan fingerprint density at radius 3 is 2.67 bits per heavy atom. The van der Waals surface area contributed by atoms with Gasteiger partial charge in [-0.1, -0.05) is 18.2 Å². The molecule has 0 saturated carbocycles. The first-order chi connectivity index (χ1) is 13.0. The second-order valence-electron chi connectivity index (χ2n) is 7.37. The number of aromatic hydroxyl groups is 2. The molecule has 0 unspecified atom stereocenters. The molecular formula is C22H20O5. The summed E-state index contributed by atoms with van der Waals surface area (Å²) in [6.07, 6.45) is -0.542. The molecule has 0 aromatic heterocycles. The van der Waals surface area contributed by atoms with Gasteiger partial charge in [0.15, 0.2) is 5.78 Å². The van der Waals surface area contributed by atoms with Crippen molar-refractivity contribution in [3.63, 3.8) is 0 Å². The Labute approximate surface area is 156 Å². The van der Waals surface area contributed by atoms with Crippen LogP contribution in [0.4, 0.5) is 0 Å². The highest BCUT2D eigenvalue weighted by molar-refractivity contribution is 6.14. The SMILES string of the molecule is CCO[C@H]1C[C@H](O)C2=C3c4cccc(O)c4C(=O)C[C@@H]3c3ccc(O)c1c32. The van der Waals surface area contributed by atoms with Crippen molar-refractivity contribution in [2.45, 2.75) is 37.9 Å². The number of fused-ring (bicyclic) bond motifs is 4. The zero-order chi connectivity index (χ0) is 18.9. The van der Waals surface area contributed by atoms with Crippen molar-refractivity contribution in [1.82, 2.24) is 0 Å². The molecule has 0 fully saturated rings. The highest BCUT2D eigenvalue weighted by atomic mass is 16.5. The zero-order valence-corrected chi connectivity index (χ0v) is 14.9. The Morgan fingerprint density at radius 1 is 1.07 bits per heavy atom. The maximum Gasteiger partial charge on any atom is 0.168 e. The predicted octanol–water partition coefficient (Wildman–Crippen LogP) is 3.53. The van der Waals surface area contributed by atoms with Crippen LogP contribution >= 0.6 is 0 Å². The summed E-state index contributed by atoms with van der Waals surface area (Å²) < 4.78 is 5.81. The third kappa shape index (κ3) is 2.10. The number of Topliss-reactive ketones (excluding diaryl/α,β-unsaturated/α-hetero) is 1. The Morgan fingerprint density at radius 2 is 1.89 bits per heavy atom. The van der Waals surface area contributed by atoms with E-state index in [9.17, 15) is 20.1 Å². The minimum absolute atomic E-state index is 0.0273. The van der Waals surface area contributed by atoms with Crippen LogP contribution in [0.1, 0.15) is 64.4 Å². The number of phenolic OH excluding ortho intramolecular Hbond substituents is 2. The molecule has 0 spiro atoms. The molecule has 27 heavy (non-hydrogen) atoms. The number of phenols is 2. The van der Waals surface area contributed by atoms with Crippen LogP contribution in [-0.2, 0) is 4.74 Å². The van der Waals surface area contributed by atoms with Crippen molar-refractivity contribution in [1.29, 1.82) is 0 Å². The Balaban J connectivity index is 1.84. The molecule has 2 aromatic carbocycles. The van der Waals surface area contributed by atoms with Gasteiger partial charge < -0.3 is 20.1 Å². The van der Waals surface area contributed by atoms with Gasteiger partial charge in [-0.3, -0.25) is 4.79 Å². The number of benzene rings is 2. The number of aliphatic hydroxyl groups excluding tert-OH is 1. The molecule has 3 N–H and O–H groups in total. The van der Waals surface area contributed by atoms with E-state index in [1.807, 2.05) is 19.1 Å². The molecule has 3 aliphatic rings. The molecule has 0 amide bonds. The quantitative estimate of drug-likeness (QED) is 0.759. The lowest BCUT2D eigenvalue weighted by atomic mass is 9.77. The van der Waals surface area contributed by atoms with E-state index in [1.54, 1.807) is 12.1 Å². The average Bonchev–Trinajstić information content (AvgIpc) is 2.96. The van der Waals surface area contributed by atoms with E-state index in [-0.39, 0.29) is 35.7 Å². The summed E-state index contributed by atoms with van der Waals surface area (Å²) in [6.45, 7) is 2.36. The number of hydrogen-bond donors (Lipinski definition) is 3. The predicted molar refractivity (Wildman–Crippen MR) is 99.7 cm³/mol. The van der Waals surface area contributed by atoms with Gasteiger partial charge in [0, 0.05) is 30.9 Å². The molecular weight excluding hydrogens is 344 g/mol. The number of ether oxygens (including phenoxy) is 1. The fourth-order valence-electron chi connectivity index (χ4n) is 5.05. The molecule has 0 saturated heterocycles. The van der Waals surface area contributed by atoms with E-state index in [4.69, 9.17) is 4.74 Å². The van der Waals surface area contributed by atoms with Crippen LogP contribution in [0.5, 0.6) is 11.5 Å². The van der Waals surface area contributed by atoms with E-state index in [0.717, 1.165) is 22.3 Å². The highest BCUT2D eigenvalue weighted by Gasteiger charge is 2.46. The number of aliphatic hydroxyl groups is 1. The van der Waals surface area contributed by atoms with Crippen LogP contribution in [0.25, 0.3) is 11.1 Å². The largest absolute Gasteiger partial charge is 0.508 e. The number of carbonyl (C=O) groups is 1. The lowest BCUT2D eigenvalue weighted by molar-refractivity contribution is 0.0262. The topological polar surface area (TPSA) is 87.0 Å². The molecule has 0 radical (unpaired) electrons. The maximum absolute atomic E-state index is 12.8. The molecule has 2 aromatic rings. The number of hydrogen-bond acceptors (Lipinski definition) is 5. The molecule has 0 heterocycles. The fraction of sp³-hybridized carbons (Fsp3) is 0.318. The number of carbonyl (C=O) groups excluding carboxylic acids is 1. The van der Waals surface area contributed by atoms with Gasteiger partial charge in [-0.25, -0.2) is 0 Å². The van der Waals surface area contributed by atoms with E-state index in [1.165, 1.54) is 6.07 Å². The normalized spacial score (nSPS) is 25.3. The maximum atomic E-state index is 12.8. The van der Waals surface area contributed by atoms with Gasteiger partial charge in [0.25, 0.3) is 0 Å². The smallest absolute Gasteiger partial charge is 0.168 e. The zero-order valence-electron chi connectivity index (χ0n) is 14.9. The lowest BCUT2D eigenvalue weighted by Gasteiger charge is -2.31.